The summed E-state index contributed by atoms with van der Waals surface area (Å²) in [6.07, 6.45) is 1.36. The molecule has 1 heterocycles. The van der Waals surface area contributed by atoms with E-state index in [0.717, 1.165) is 0 Å². The maximum Gasteiger partial charge on any atom is 0.348 e. The number of cyclic esters (lactones) is 2. The molecule has 0 spiro atoms. The van der Waals surface area contributed by atoms with Crippen LogP contribution in [-0.2, 0) is 25.7 Å². The molecule has 1 aromatic carbocycles. The van der Waals surface area contributed by atoms with Gasteiger partial charge in [0.1, 0.15) is 11.3 Å². The molecule has 0 radical (unpaired) electrons. The lowest BCUT2D eigenvalue weighted by molar-refractivity contribution is -0.222. The van der Waals surface area contributed by atoms with E-state index in [0.29, 0.717) is 16.9 Å². The van der Waals surface area contributed by atoms with Gasteiger partial charge in [-0.1, -0.05) is 6.07 Å². The summed E-state index contributed by atoms with van der Waals surface area (Å²) in [5.74, 6) is -2.22. The molecule has 1 aliphatic rings. The minimum Gasteiger partial charge on any atom is -0.496 e. The van der Waals surface area contributed by atoms with E-state index in [4.69, 9.17) is 14.2 Å². The van der Waals surface area contributed by atoms with Gasteiger partial charge in [0.25, 0.3) is 5.79 Å². The van der Waals surface area contributed by atoms with Gasteiger partial charge in [0.15, 0.2) is 0 Å². The number of ether oxygens (including phenoxy) is 3. The van der Waals surface area contributed by atoms with Crippen molar-refractivity contribution in [3.05, 3.63) is 34.9 Å². The molecule has 1 aromatic rings. The Labute approximate surface area is 121 Å². The number of hydrogen-bond donors (Lipinski definition) is 1. The Morgan fingerprint density at radius 1 is 1.24 bits per heavy atom. The summed E-state index contributed by atoms with van der Waals surface area (Å²) in [5, 5.41) is 9.27. The van der Waals surface area contributed by atoms with Gasteiger partial charge in [-0.2, -0.15) is 0 Å². The molecule has 0 aromatic heterocycles. The van der Waals surface area contributed by atoms with Crippen molar-refractivity contribution in [1.29, 1.82) is 0 Å². The molecule has 0 aliphatic carbocycles. The van der Waals surface area contributed by atoms with Crippen molar-refractivity contribution in [1.82, 2.24) is 0 Å². The molecule has 1 N–H and O–H groups in total. The molecule has 0 unspecified atom stereocenters. The van der Waals surface area contributed by atoms with E-state index in [1.165, 1.54) is 27.0 Å². The molecule has 21 heavy (non-hydrogen) atoms. The van der Waals surface area contributed by atoms with Gasteiger partial charge >= 0.3 is 11.9 Å². The van der Waals surface area contributed by atoms with E-state index >= 15 is 0 Å². The largest absolute Gasteiger partial charge is 0.496 e. The predicted molar refractivity (Wildman–Crippen MR) is 73.2 cm³/mol. The Morgan fingerprint density at radius 2 is 1.86 bits per heavy atom. The van der Waals surface area contributed by atoms with Crippen LogP contribution in [0.5, 0.6) is 5.75 Å². The van der Waals surface area contributed by atoms with Crippen LogP contribution >= 0.6 is 0 Å². The molecule has 1 fully saturated rings. The lowest BCUT2D eigenvalue weighted by atomic mass is 10.1. The van der Waals surface area contributed by atoms with E-state index in [1.807, 2.05) is 0 Å². The standard InChI is InChI=1S/C15H16O6/c1-15(2)20-13(17)11(14(18)21-15)7-9-4-5-12(19-3)10(6-9)8-16/h4-7,16H,8H2,1-3H3. The third-order valence-corrected chi connectivity index (χ3v) is 2.90. The summed E-state index contributed by atoms with van der Waals surface area (Å²) in [6.45, 7) is 2.75. The molecule has 6 heteroatoms. The van der Waals surface area contributed by atoms with Gasteiger partial charge in [-0.25, -0.2) is 9.59 Å². The quantitative estimate of drug-likeness (QED) is 0.515. The fraction of sp³-hybridized carbons (Fsp3) is 0.333. The number of aliphatic hydroxyl groups is 1. The summed E-state index contributed by atoms with van der Waals surface area (Å²) in [7, 11) is 1.49. The highest BCUT2D eigenvalue weighted by molar-refractivity contribution is 6.18. The van der Waals surface area contributed by atoms with E-state index < -0.39 is 17.7 Å². The van der Waals surface area contributed by atoms with Gasteiger partial charge in [-0.15, -0.1) is 0 Å². The third-order valence-electron chi connectivity index (χ3n) is 2.90. The first-order valence-corrected chi connectivity index (χ1v) is 6.32. The second kappa shape index (κ2) is 5.57. The molecular formula is C15H16O6. The van der Waals surface area contributed by atoms with Gasteiger partial charge in [-0.3, -0.25) is 0 Å². The number of aliphatic hydroxyl groups excluding tert-OH is 1. The van der Waals surface area contributed by atoms with Crippen LogP contribution in [0, 0.1) is 0 Å². The lowest BCUT2D eigenvalue weighted by Crippen LogP contribution is -2.41. The van der Waals surface area contributed by atoms with Crippen LogP contribution in [0.1, 0.15) is 25.0 Å². The Hall–Kier alpha value is -2.34. The fourth-order valence-electron chi connectivity index (χ4n) is 1.96. The number of rotatable bonds is 3. The molecule has 6 nitrogen and oxygen atoms in total. The normalized spacial score (nSPS) is 17.0. The highest BCUT2D eigenvalue weighted by Crippen LogP contribution is 2.26. The molecular weight excluding hydrogens is 276 g/mol. The lowest BCUT2D eigenvalue weighted by Gasteiger charge is -2.29. The minimum absolute atomic E-state index is 0.191. The summed E-state index contributed by atoms with van der Waals surface area (Å²) in [4.78, 5) is 23.7. The van der Waals surface area contributed by atoms with Gasteiger partial charge in [0.2, 0.25) is 0 Å². The maximum absolute atomic E-state index is 11.8. The van der Waals surface area contributed by atoms with Crippen molar-refractivity contribution in [2.24, 2.45) is 0 Å². The topological polar surface area (TPSA) is 82.1 Å². The van der Waals surface area contributed by atoms with E-state index in [-0.39, 0.29) is 12.2 Å². The monoisotopic (exact) mass is 292 g/mol. The molecule has 2 rings (SSSR count). The third kappa shape index (κ3) is 3.22. The van der Waals surface area contributed by atoms with E-state index in [2.05, 4.69) is 0 Å². The number of esters is 2. The zero-order valence-corrected chi connectivity index (χ0v) is 12.0. The van der Waals surface area contributed by atoms with Crippen LogP contribution in [0.4, 0.5) is 0 Å². The van der Waals surface area contributed by atoms with Crippen LogP contribution in [0.2, 0.25) is 0 Å². The second-order valence-electron chi connectivity index (χ2n) is 4.97. The number of hydrogen-bond acceptors (Lipinski definition) is 6. The predicted octanol–water partition coefficient (Wildman–Crippen LogP) is 1.41. The zero-order chi connectivity index (χ0) is 15.6. The molecule has 0 amide bonds. The fourth-order valence-corrected chi connectivity index (χ4v) is 1.96. The molecule has 112 valence electrons. The van der Waals surface area contributed by atoms with Gasteiger partial charge in [0.05, 0.1) is 13.7 Å². The molecule has 0 bridgehead atoms. The smallest absolute Gasteiger partial charge is 0.348 e. The van der Waals surface area contributed by atoms with Crippen molar-refractivity contribution >= 4 is 18.0 Å². The van der Waals surface area contributed by atoms with Crippen LogP contribution in [-0.4, -0.2) is 29.9 Å². The van der Waals surface area contributed by atoms with Crippen LogP contribution in [0.15, 0.2) is 23.8 Å². The summed E-state index contributed by atoms with van der Waals surface area (Å²) in [5.41, 5.74) is 0.913. The summed E-state index contributed by atoms with van der Waals surface area (Å²) >= 11 is 0. The second-order valence-corrected chi connectivity index (χ2v) is 4.97. The van der Waals surface area contributed by atoms with Gasteiger partial charge < -0.3 is 19.3 Å². The number of methoxy groups -OCH3 is 1. The maximum atomic E-state index is 11.8. The highest BCUT2D eigenvalue weighted by Gasteiger charge is 2.38. The van der Waals surface area contributed by atoms with Crippen molar-refractivity contribution in [3.8, 4) is 5.75 Å². The van der Waals surface area contributed by atoms with E-state index in [9.17, 15) is 14.7 Å². The Kier molecular flexibility index (Phi) is 3.99. The first-order chi connectivity index (χ1) is 9.86. The Bertz CT molecular complexity index is 593. The Morgan fingerprint density at radius 3 is 2.38 bits per heavy atom. The summed E-state index contributed by atoms with van der Waals surface area (Å²) in [6, 6.07) is 4.92. The van der Waals surface area contributed by atoms with Crippen LogP contribution in [0.3, 0.4) is 0 Å². The number of carbonyl (C=O) groups excluding carboxylic acids is 2. The minimum atomic E-state index is -1.26. The zero-order valence-electron chi connectivity index (χ0n) is 12.0. The molecule has 1 saturated heterocycles. The van der Waals surface area contributed by atoms with Crippen molar-refractivity contribution in [2.75, 3.05) is 7.11 Å². The van der Waals surface area contributed by atoms with Crippen LogP contribution in [0.25, 0.3) is 6.08 Å². The SMILES string of the molecule is COc1ccc(C=C2C(=O)OC(C)(C)OC2=O)cc1CO. The average Bonchev–Trinajstić information content (AvgIpc) is 2.41. The highest BCUT2D eigenvalue weighted by atomic mass is 16.7. The average molecular weight is 292 g/mol. The van der Waals surface area contributed by atoms with Crippen molar-refractivity contribution < 1.29 is 28.9 Å². The number of carbonyl (C=O) groups is 2. The number of benzene rings is 1. The van der Waals surface area contributed by atoms with E-state index in [1.54, 1.807) is 18.2 Å². The molecule has 1 aliphatic heterocycles. The first kappa shape index (κ1) is 15.1. The van der Waals surface area contributed by atoms with Gasteiger partial charge in [-0.05, 0) is 23.8 Å². The molecule has 0 atom stereocenters. The van der Waals surface area contributed by atoms with Crippen LogP contribution < -0.4 is 4.74 Å². The molecule has 0 saturated carbocycles. The van der Waals surface area contributed by atoms with Crippen molar-refractivity contribution in [3.63, 3.8) is 0 Å². The summed E-state index contributed by atoms with van der Waals surface area (Å²) < 4.78 is 15.1. The first-order valence-electron chi connectivity index (χ1n) is 6.32. The Balaban J connectivity index is 2.35. The van der Waals surface area contributed by atoms with Crippen molar-refractivity contribution in [2.45, 2.75) is 26.2 Å². The van der Waals surface area contributed by atoms with Gasteiger partial charge in [0, 0.05) is 19.4 Å².